The Hall–Kier alpha value is -3.07. The van der Waals surface area contributed by atoms with Crippen molar-refractivity contribution in [2.24, 2.45) is 0 Å². The minimum absolute atomic E-state index is 0.00889. The summed E-state index contributed by atoms with van der Waals surface area (Å²) in [5.74, 6) is -0.869. The smallest absolute Gasteiger partial charge is 0.264 e. The number of carbonyl (C=O) groups is 2. The highest BCUT2D eigenvalue weighted by molar-refractivity contribution is 7.92. The number of hydrogen-bond acceptors (Lipinski definition) is 4. The Labute approximate surface area is 234 Å². The number of hydrogen-bond donors (Lipinski definition) is 1. The van der Waals surface area contributed by atoms with E-state index in [2.05, 4.69) is 5.32 Å². The van der Waals surface area contributed by atoms with Crippen molar-refractivity contribution in [3.05, 3.63) is 94.0 Å². The predicted octanol–water partition coefficient (Wildman–Crippen LogP) is 5.44. The zero-order valence-electron chi connectivity index (χ0n) is 21.5. The van der Waals surface area contributed by atoms with Crippen LogP contribution < -0.4 is 9.62 Å². The monoisotopic (exact) mass is 575 g/mol. The van der Waals surface area contributed by atoms with E-state index in [1.54, 1.807) is 55.5 Å². The maximum Gasteiger partial charge on any atom is 0.264 e. The lowest BCUT2D eigenvalue weighted by Crippen LogP contribution is -2.51. The largest absolute Gasteiger partial charge is 0.354 e. The average molecular weight is 577 g/mol. The molecule has 0 saturated carbocycles. The summed E-state index contributed by atoms with van der Waals surface area (Å²) in [6.45, 7) is 5.46. The quantitative estimate of drug-likeness (QED) is 0.330. The van der Waals surface area contributed by atoms with Crippen LogP contribution in [0.1, 0.15) is 31.4 Å². The van der Waals surface area contributed by atoms with Crippen LogP contribution in [0, 0.1) is 6.92 Å². The van der Waals surface area contributed by atoms with Crippen molar-refractivity contribution in [2.75, 3.05) is 17.4 Å². The van der Waals surface area contributed by atoms with Crippen molar-refractivity contribution in [3.8, 4) is 0 Å². The van der Waals surface area contributed by atoms with Gasteiger partial charge in [0.05, 0.1) is 10.6 Å². The van der Waals surface area contributed by atoms with Gasteiger partial charge in [-0.2, -0.15) is 0 Å². The van der Waals surface area contributed by atoms with Gasteiger partial charge in [-0.25, -0.2) is 8.42 Å². The standard InChI is InChI=1S/C28H31Cl2N3O4S/c1-4-16-31-28(35)21(3)32(18-22-6-5-7-24(30)17-22)27(34)19-33(25-12-8-20(2)9-13-25)38(36,37)26-14-10-23(29)11-15-26/h5-15,17,21H,4,16,18-19H2,1-3H3,(H,31,35)/t21-/m1/s1. The molecule has 0 radical (unpaired) electrons. The van der Waals surface area contributed by atoms with E-state index in [0.717, 1.165) is 16.3 Å². The Morgan fingerprint density at radius 3 is 2.21 bits per heavy atom. The lowest BCUT2D eigenvalue weighted by atomic mass is 10.1. The van der Waals surface area contributed by atoms with Crippen molar-refractivity contribution < 1.29 is 18.0 Å². The molecule has 1 atom stereocenters. The van der Waals surface area contributed by atoms with Crippen LogP contribution in [0.15, 0.2) is 77.7 Å². The van der Waals surface area contributed by atoms with E-state index in [0.29, 0.717) is 27.8 Å². The zero-order valence-corrected chi connectivity index (χ0v) is 23.9. The predicted molar refractivity (Wildman–Crippen MR) is 152 cm³/mol. The number of amides is 2. The summed E-state index contributed by atoms with van der Waals surface area (Å²) in [6, 6.07) is 18.7. The molecule has 0 aliphatic carbocycles. The number of sulfonamides is 1. The second kappa shape index (κ2) is 13.1. The molecule has 1 N–H and O–H groups in total. The fourth-order valence-corrected chi connectivity index (χ4v) is 5.54. The highest BCUT2D eigenvalue weighted by Gasteiger charge is 2.32. The maximum absolute atomic E-state index is 13.8. The Morgan fingerprint density at radius 1 is 0.947 bits per heavy atom. The van der Waals surface area contributed by atoms with Gasteiger partial charge in [0.1, 0.15) is 12.6 Å². The van der Waals surface area contributed by atoms with Crippen LogP contribution in [0.2, 0.25) is 10.0 Å². The van der Waals surface area contributed by atoms with Crippen LogP contribution in [0.3, 0.4) is 0 Å². The molecule has 38 heavy (non-hydrogen) atoms. The molecule has 0 unspecified atom stereocenters. The topological polar surface area (TPSA) is 86.8 Å². The first-order valence-corrected chi connectivity index (χ1v) is 14.4. The lowest BCUT2D eigenvalue weighted by molar-refractivity contribution is -0.139. The molecule has 0 spiro atoms. The number of anilines is 1. The van der Waals surface area contributed by atoms with Gasteiger partial charge in [0.15, 0.2) is 0 Å². The molecule has 202 valence electrons. The molecule has 0 heterocycles. The summed E-state index contributed by atoms with van der Waals surface area (Å²) in [6.07, 6.45) is 0.737. The van der Waals surface area contributed by atoms with Gasteiger partial charge in [0.2, 0.25) is 11.8 Å². The maximum atomic E-state index is 13.8. The molecular weight excluding hydrogens is 545 g/mol. The van der Waals surface area contributed by atoms with E-state index in [1.165, 1.54) is 29.2 Å². The normalized spacial score (nSPS) is 12.0. The number of halogens is 2. The molecule has 0 aliphatic rings. The highest BCUT2D eigenvalue weighted by Crippen LogP contribution is 2.26. The van der Waals surface area contributed by atoms with E-state index >= 15 is 0 Å². The SMILES string of the molecule is CCCNC(=O)[C@@H](C)N(Cc1cccc(Cl)c1)C(=O)CN(c1ccc(C)cc1)S(=O)(=O)c1ccc(Cl)cc1. The van der Waals surface area contributed by atoms with Gasteiger partial charge in [-0.3, -0.25) is 13.9 Å². The summed E-state index contributed by atoms with van der Waals surface area (Å²) in [4.78, 5) is 28.1. The number of aryl methyl sites for hydroxylation is 1. The number of nitrogens with one attached hydrogen (secondary N) is 1. The first kappa shape index (κ1) is 29.5. The Bertz CT molecular complexity index is 1360. The Kier molecular flexibility index (Phi) is 10.2. The average Bonchev–Trinajstić information content (AvgIpc) is 2.89. The van der Waals surface area contributed by atoms with Crippen molar-refractivity contribution in [2.45, 2.75) is 44.7 Å². The van der Waals surface area contributed by atoms with Crippen LogP contribution in [-0.4, -0.2) is 44.3 Å². The molecular formula is C28H31Cl2N3O4S. The second-order valence-electron chi connectivity index (χ2n) is 8.92. The number of nitrogens with zero attached hydrogens (tertiary/aromatic N) is 2. The Morgan fingerprint density at radius 2 is 1.61 bits per heavy atom. The first-order chi connectivity index (χ1) is 18.0. The van der Waals surface area contributed by atoms with Crippen molar-refractivity contribution >= 4 is 50.7 Å². The van der Waals surface area contributed by atoms with E-state index in [-0.39, 0.29) is 17.3 Å². The van der Waals surface area contributed by atoms with Crippen molar-refractivity contribution in [3.63, 3.8) is 0 Å². The molecule has 7 nitrogen and oxygen atoms in total. The minimum atomic E-state index is -4.15. The van der Waals surface area contributed by atoms with E-state index < -0.39 is 28.5 Å². The fraction of sp³-hybridized carbons (Fsp3) is 0.286. The summed E-state index contributed by atoms with van der Waals surface area (Å²) >= 11 is 12.1. The van der Waals surface area contributed by atoms with Gasteiger partial charge in [-0.1, -0.05) is 60.0 Å². The van der Waals surface area contributed by atoms with E-state index in [4.69, 9.17) is 23.2 Å². The number of rotatable bonds is 11. The molecule has 2 amide bonds. The third-order valence-electron chi connectivity index (χ3n) is 5.96. The minimum Gasteiger partial charge on any atom is -0.354 e. The molecule has 0 bridgehead atoms. The fourth-order valence-electron chi connectivity index (χ4n) is 3.78. The molecule has 3 rings (SSSR count). The van der Waals surface area contributed by atoms with Crippen LogP contribution >= 0.6 is 23.2 Å². The summed E-state index contributed by atoms with van der Waals surface area (Å²) in [5.41, 5.74) is 1.97. The summed E-state index contributed by atoms with van der Waals surface area (Å²) in [5, 5.41) is 3.69. The lowest BCUT2D eigenvalue weighted by Gasteiger charge is -2.32. The van der Waals surface area contributed by atoms with Crippen molar-refractivity contribution in [1.29, 1.82) is 0 Å². The summed E-state index contributed by atoms with van der Waals surface area (Å²) < 4.78 is 28.6. The molecule has 0 saturated heterocycles. The molecule has 3 aromatic rings. The first-order valence-electron chi connectivity index (χ1n) is 12.2. The molecule has 0 aliphatic heterocycles. The summed E-state index contributed by atoms with van der Waals surface area (Å²) in [7, 11) is -4.15. The second-order valence-corrected chi connectivity index (χ2v) is 11.7. The van der Waals surface area contributed by atoms with E-state index in [9.17, 15) is 18.0 Å². The van der Waals surface area contributed by atoms with Crippen LogP contribution in [0.25, 0.3) is 0 Å². The van der Waals surface area contributed by atoms with Gasteiger partial charge >= 0.3 is 0 Å². The van der Waals surface area contributed by atoms with Gasteiger partial charge in [0, 0.05) is 23.1 Å². The third-order valence-corrected chi connectivity index (χ3v) is 8.24. The van der Waals surface area contributed by atoms with Gasteiger partial charge in [-0.05, 0) is 74.4 Å². The number of carbonyl (C=O) groups excluding carboxylic acids is 2. The van der Waals surface area contributed by atoms with Crippen molar-refractivity contribution in [1.82, 2.24) is 10.2 Å². The van der Waals surface area contributed by atoms with Crippen LogP contribution in [0.5, 0.6) is 0 Å². The van der Waals surface area contributed by atoms with Gasteiger partial charge in [0.25, 0.3) is 10.0 Å². The van der Waals surface area contributed by atoms with Crippen LogP contribution in [-0.2, 0) is 26.2 Å². The van der Waals surface area contributed by atoms with Gasteiger partial charge < -0.3 is 10.2 Å². The molecule has 0 aromatic heterocycles. The highest BCUT2D eigenvalue weighted by atomic mass is 35.5. The van der Waals surface area contributed by atoms with Crippen LogP contribution in [0.4, 0.5) is 5.69 Å². The third kappa shape index (κ3) is 7.49. The Balaban J connectivity index is 2.01. The molecule has 3 aromatic carbocycles. The number of benzene rings is 3. The molecule has 10 heteroatoms. The molecule has 0 fully saturated rings. The zero-order chi connectivity index (χ0) is 27.9. The van der Waals surface area contributed by atoms with E-state index in [1.807, 2.05) is 13.8 Å². The van der Waals surface area contributed by atoms with Gasteiger partial charge in [-0.15, -0.1) is 0 Å².